The summed E-state index contributed by atoms with van der Waals surface area (Å²) >= 11 is 0. The molecule has 0 bridgehead atoms. The highest BCUT2D eigenvalue weighted by Gasteiger charge is 2.26. The molecule has 1 unspecified atom stereocenters. The molecule has 0 aliphatic heterocycles. The summed E-state index contributed by atoms with van der Waals surface area (Å²) in [5, 5.41) is 39.8. The van der Waals surface area contributed by atoms with Gasteiger partial charge >= 0.3 is 11.9 Å². The third-order valence-electron chi connectivity index (χ3n) is 6.45. The number of aliphatic carboxylic acids is 2. The number of hydrogen-bond acceptors (Lipinski definition) is 7. The number of carboxylic acids is 2. The van der Waals surface area contributed by atoms with Crippen molar-refractivity contribution in [2.24, 2.45) is 0 Å². The van der Waals surface area contributed by atoms with Crippen LogP contribution in [0.4, 0.5) is 0 Å². The number of phenolic OH excluding ortho intramolecular Hbond substituents is 2. The molecule has 216 valence electrons. The number of hydrogen-bond donors (Lipinski definition) is 4. The van der Waals surface area contributed by atoms with E-state index in [0.717, 1.165) is 25.7 Å². The van der Waals surface area contributed by atoms with Crippen LogP contribution in [-0.2, 0) is 27.5 Å². The molecule has 9 heteroatoms. The van der Waals surface area contributed by atoms with Gasteiger partial charge in [0.15, 0.2) is 0 Å². The Balaban J connectivity index is 0.00000760. The van der Waals surface area contributed by atoms with Gasteiger partial charge in [0.1, 0.15) is 17.3 Å². The zero-order chi connectivity index (χ0) is 27.9. The zero-order valence-electron chi connectivity index (χ0n) is 22.1. The fraction of sp³-hybridized carbons (Fsp3) is 0.500. The number of carbonyl (C=O) groups excluding carboxylic acids is 1. The average Bonchev–Trinajstić information content (AvgIpc) is 2.85. The Hall–Kier alpha value is -3.43. The fourth-order valence-electron chi connectivity index (χ4n) is 4.58. The van der Waals surface area contributed by atoms with Gasteiger partial charge in [-0.2, -0.15) is 0 Å². The van der Waals surface area contributed by atoms with Crippen molar-refractivity contribution < 1.29 is 34.8 Å². The van der Waals surface area contributed by atoms with Gasteiger partial charge in [-0.3, -0.25) is 24.2 Å². The second kappa shape index (κ2) is 18.0. The molecule has 2 rings (SSSR count). The highest BCUT2D eigenvalue weighted by Crippen LogP contribution is 2.23. The van der Waals surface area contributed by atoms with Gasteiger partial charge in [-0.15, -0.1) is 0 Å². The molecule has 0 spiro atoms. The van der Waals surface area contributed by atoms with E-state index < -0.39 is 11.9 Å². The molecule has 4 N–H and O–H groups in total. The fourth-order valence-corrected chi connectivity index (χ4v) is 4.58. The molecular weight excluding hydrogens is 500 g/mol. The molecule has 39 heavy (non-hydrogen) atoms. The van der Waals surface area contributed by atoms with Gasteiger partial charge in [0.25, 0.3) is 0 Å². The molecule has 0 aliphatic carbocycles. The third-order valence-corrected chi connectivity index (χ3v) is 6.45. The number of aromatic hydroxyl groups is 2. The van der Waals surface area contributed by atoms with Crippen LogP contribution in [0.1, 0.15) is 70.4 Å². The standard InChI is InChI=1S/C29H40N2O7.CH4/c1-2-10-25(32)14-5-3-4-13-24(31(21-29(37)38)18-23-12-7-9-16-27(23)34)19-30(20-28(35)36)17-22-11-6-8-15-26(22)33;/h6-9,11-12,15-16,24,33-34H,2-5,10,13-14,17-21H2,1H3,(H,35,36)(H,37,38);1H4. The number of carbonyl (C=O) groups is 3. The molecule has 0 amide bonds. The molecule has 0 saturated heterocycles. The molecule has 0 heterocycles. The summed E-state index contributed by atoms with van der Waals surface area (Å²) in [6.07, 6.45) is 4.79. The maximum atomic E-state index is 11.9. The van der Waals surface area contributed by atoms with Crippen molar-refractivity contribution in [3.63, 3.8) is 0 Å². The van der Waals surface area contributed by atoms with Crippen molar-refractivity contribution in [2.45, 2.75) is 78.4 Å². The lowest BCUT2D eigenvalue weighted by molar-refractivity contribution is -0.141. The summed E-state index contributed by atoms with van der Waals surface area (Å²) < 4.78 is 0. The van der Waals surface area contributed by atoms with E-state index in [1.807, 2.05) is 6.92 Å². The number of carboxylic acid groups (broad SMARTS) is 2. The lowest BCUT2D eigenvalue weighted by Gasteiger charge is -2.35. The minimum atomic E-state index is -1.03. The number of phenols is 2. The van der Waals surface area contributed by atoms with Crippen molar-refractivity contribution >= 4 is 17.7 Å². The first-order valence-corrected chi connectivity index (χ1v) is 13.1. The van der Waals surface area contributed by atoms with Crippen LogP contribution in [0.2, 0.25) is 0 Å². The summed E-state index contributed by atoms with van der Waals surface area (Å²) in [4.78, 5) is 38.8. The second-order valence-electron chi connectivity index (χ2n) is 9.66. The van der Waals surface area contributed by atoms with E-state index in [4.69, 9.17) is 0 Å². The second-order valence-corrected chi connectivity index (χ2v) is 9.66. The summed E-state index contributed by atoms with van der Waals surface area (Å²) in [5.74, 6) is -1.69. The quantitative estimate of drug-likeness (QED) is 0.182. The number of nitrogens with zero attached hydrogens (tertiary/aromatic N) is 2. The number of para-hydroxylation sites is 2. The maximum Gasteiger partial charge on any atom is 0.317 e. The van der Waals surface area contributed by atoms with Gasteiger partial charge in [-0.1, -0.05) is 63.6 Å². The summed E-state index contributed by atoms with van der Waals surface area (Å²) in [6.45, 7) is 2.01. The van der Waals surface area contributed by atoms with E-state index >= 15 is 0 Å². The molecular formula is C30H44N2O7. The topological polar surface area (TPSA) is 139 Å². The lowest BCUT2D eigenvalue weighted by atomic mass is 10.0. The van der Waals surface area contributed by atoms with Crippen molar-refractivity contribution in [2.75, 3.05) is 19.6 Å². The van der Waals surface area contributed by atoms with Crippen LogP contribution < -0.4 is 0 Å². The van der Waals surface area contributed by atoms with Crippen molar-refractivity contribution in [3.05, 3.63) is 59.7 Å². The monoisotopic (exact) mass is 544 g/mol. The number of unbranched alkanes of at least 4 members (excludes halogenated alkanes) is 2. The van der Waals surface area contributed by atoms with Gasteiger partial charge in [0, 0.05) is 49.6 Å². The Morgan fingerprint density at radius 1 is 0.769 bits per heavy atom. The van der Waals surface area contributed by atoms with Gasteiger partial charge in [0.05, 0.1) is 13.1 Å². The van der Waals surface area contributed by atoms with Crippen LogP contribution in [0, 0.1) is 0 Å². The molecule has 9 nitrogen and oxygen atoms in total. The third kappa shape index (κ3) is 12.8. The minimum Gasteiger partial charge on any atom is -0.508 e. The van der Waals surface area contributed by atoms with Crippen molar-refractivity contribution in [1.82, 2.24) is 9.80 Å². The molecule has 2 aromatic carbocycles. The van der Waals surface area contributed by atoms with E-state index in [0.29, 0.717) is 30.4 Å². The van der Waals surface area contributed by atoms with Crippen LogP contribution in [-0.4, -0.2) is 73.6 Å². The average molecular weight is 545 g/mol. The van der Waals surface area contributed by atoms with Gasteiger partial charge in [-0.05, 0) is 31.4 Å². The summed E-state index contributed by atoms with van der Waals surface area (Å²) in [7, 11) is 0. The predicted molar refractivity (Wildman–Crippen MR) is 151 cm³/mol. The molecule has 0 fully saturated rings. The summed E-state index contributed by atoms with van der Waals surface area (Å²) in [5.41, 5.74) is 1.15. The zero-order valence-corrected chi connectivity index (χ0v) is 22.1. The molecule has 0 radical (unpaired) electrons. The Bertz CT molecular complexity index is 1040. The Morgan fingerprint density at radius 3 is 1.87 bits per heavy atom. The van der Waals surface area contributed by atoms with Crippen LogP contribution in [0.3, 0.4) is 0 Å². The van der Waals surface area contributed by atoms with E-state index in [-0.39, 0.29) is 63.5 Å². The first-order chi connectivity index (χ1) is 18.2. The van der Waals surface area contributed by atoms with E-state index in [9.17, 15) is 34.8 Å². The number of ketones is 1. The number of rotatable bonds is 19. The van der Waals surface area contributed by atoms with Gasteiger partial charge < -0.3 is 20.4 Å². The molecule has 2 aromatic rings. The van der Waals surface area contributed by atoms with E-state index in [1.54, 1.807) is 58.3 Å². The minimum absolute atomic E-state index is 0. The lowest BCUT2D eigenvalue weighted by Crippen LogP contribution is -2.46. The van der Waals surface area contributed by atoms with Crippen molar-refractivity contribution in [1.29, 1.82) is 0 Å². The SMILES string of the molecule is C.CCCC(=O)CCCCCC(CN(CC(=O)O)Cc1ccccc1O)N(CC(=O)O)Cc1ccccc1O. The predicted octanol–water partition coefficient (Wildman–Crippen LogP) is 4.90. The van der Waals surface area contributed by atoms with Crippen molar-refractivity contribution in [3.8, 4) is 11.5 Å². The Labute approximate surface area is 231 Å². The van der Waals surface area contributed by atoms with E-state index in [2.05, 4.69) is 0 Å². The van der Waals surface area contributed by atoms with E-state index in [1.165, 1.54) is 0 Å². The summed E-state index contributed by atoms with van der Waals surface area (Å²) in [6, 6.07) is 13.1. The first kappa shape index (κ1) is 33.6. The number of benzene rings is 2. The van der Waals surface area contributed by atoms with Crippen LogP contribution in [0.25, 0.3) is 0 Å². The maximum absolute atomic E-state index is 11.9. The van der Waals surface area contributed by atoms with Crippen LogP contribution in [0.5, 0.6) is 11.5 Å². The normalized spacial score (nSPS) is 11.8. The number of Topliss-reactive ketones (excluding diaryl/α,β-unsaturated/α-hetero) is 1. The van der Waals surface area contributed by atoms with Crippen LogP contribution >= 0.6 is 0 Å². The Kier molecular flexibility index (Phi) is 15.5. The Morgan fingerprint density at radius 2 is 1.33 bits per heavy atom. The van der Waals surface area contributed by atoms with Crippen LogP contribution in [0.15, 0.2) is 48.5 Å². The first-order valence-electron chi connectivity index (χ1n) is 13.1. The highest BCUT2D eigenvalue weighted by molar-refractivity contribution is 5.78. The molecule has 0 saturated carbocycles. The largest absolute Gasteiger partial charge is 0.508 e. The highest BCUT2D eigenvalue weighted by atomic mass is 16.4. The molecule has 0 aromatic heterocycles. The molecule has 1 atom stereocenters. The smallest absolute Gasteiger partial charge is 0.317 e. The van der Waals surface area contributed by atoms with Gasteiger partial charge in [0.2, 0.25) is 0 Å². The van der Waals surface area contributed by atoms with Gasteiger partial charge in [-0.25, -0.2) is 0 Å². The molecule has 0 aliphatic rings.